The topological polar surface area (TPSA) is 52.7 Å². The fourth-order valence-electron chi connectivity index (χ4n) is 3.85. The van der Waals surface area contributed by atoms with Crippen LogP contribution < -0.4 is 5.32 Å². The van der Waals surface area contributed by atoms with Crippen molar-refractivity contribution in [2.75, 3.05) is 32.0 Å². The van der Waals surface area contributed by atoms with Crippen LogP contribution in [0.25, 0.3) is 0 Å². The number of likely N-dealkylation sites (tertiary alicyclic amines) is 1. The van der Waals surface area contributed by atoms with Gasteiger partial charge in [0.15, 0.2) is 0 Å². The van der Waals surface area contributed by atoms with E-state index in [1.165, 1.54) is 11.1 Å². The van der Waals surface area contributed by atoms with Crippen molar-refractivity contribution < 1.29 is 9.59 Å². The number of hydrogen-bond donors (Lipinski definition) is 1. The molecular weight excluding hydrogens is 362 g/mol. The molecule has 29 heavy (non-hydrogen) atoms. The van der Waals surface area contributed by atoms with Gasteiger partial charge < -0.3 is 15.1 Å². The molecule has 1 N–H and O–H groups in total. The third-order valence-corrected chi connectivity index (χ3v) is 5.79. The summed E-state index contributed by atoms with van der Waals surface area (Å²) in [4.78, 5) is 29.4. The number of amides is 3. The van der Waals surface area contributed by atoms with Crippen molar-refractivity contribution in [2.24, 2.45) is 5.92 Å². The van der Waals surface area contributed by atoms with Gasteiger partial charge in [0.05, 0.1) is 5.92 Å². The molecule has 3 rings (SSSR count). The van der Waals surface area contributed by atoms with E-state index in [4.69, 9.17) is 0 Å². The summed E-state index contributed by atoms with van der Waals surface area (Å²) in [6.07, 6.45) is 1.74. The Labute approximate surface area is 173 Å². The minimum atomic E-state index is -0.242. The Bertz CT molecular complexity index is 820. The van der Waals surface area contributed by atoms with Crippen molar-refractivity contribution in [1.29, 1.82) is 0 Å². The number of carbonyl (C=O) groups is 2. The standard InChI is InChI=1S/C24H31N3O2/c1-4-18-11-13-19(14-12-18)20-15-21(17-27(16-20)24(29)26(3)5-2)23(28)25-22-9-7-6-8-10-22/h6-14,20-21H,4-5,15-17H2,1-3H3,(H,25,28). The molecule has 1 aliphatic rings. The first-order chi connectivity index (χ1) is 14.0. The lowest BCUT2D eigenvalue weighted by atomic mass is 9.83. The Hall–Kier alpha value is -2.82. The molecule has 5 heteroatoms. The second-order valence-corrected chi connectivity index (χ2v) is 7.78. The van der Waals surface area contributed by atoms with E-state index < -0.39 is 0 Å². The molecule has 2 aromatic carbocycles. The summed E-state index contributed by atoms with van der Waals surface area (Å²) in [6, 6.07) is 18.1. The van der Waals surface area contributed by atoms with Gasteiger partial charge in [-0.25, -0.2) is 4.79 Å². The summed E-state index contributed by atoms with van der Waals surface area (Å²) in [7, 11) is 1.81. The van der Waals surface area contributed by atoms with Crippen molar-refractivity contribution in [1.82, 2.24) is 9.80 Å². The van der Waals surface area contributed by atoms with E-state index in [1.54, 1.807) is 11.9 Å². The van der Waals surface area contributed by atoms with Gasteiger partial charge in [-0.1, -0.05) is 49.4 Å². The highest BCUT2D eigenvalue weighted by Gasteiger charge is 2.35. The van der Waals surface area contributed by atoms with Crippen LogP contribution in [0.15, 0.2) is 54.6 Å². The summed E-state index contributed by atoms with van der Waals surface area (Å²) in [5, 5.41) is 3.01. The molecule has 2 unspecified atom stereocenters. The zero-order chi connectivity index (χ0) is 20.8. The van der Waals surface area contributed by atoms with Gasteiger partial charge in [-0.2, -0.15) is 0 Å². The molecule has 1 heterocycles. The van der Waals surface area contributed by atoms with Gasteiger partial charge in [0.25, 0.3) is 0 Å². The van der Waals surface area contributed by atoms with E-state index in [0.29, 0.717) is 19.6 Å². The zero-order valence-corrected chi connectivity index (χ0v) is 17.6. The van der Waals surface area contributed by atoms with Gasteiger partial charge in [-0.3, -0.25) is 4.79 Å². The average molecular weight is 394 g/mol. The maximum absolute atomic E-state index is 13.0. The number of nitrogens with one attached hydrogen (secondary N) is 1. The normalized spacial score (nSPS) is 18.9. The number of urea groups is 1. The highest BCUT2D eigenvalue weighted by atomic mass is 16.2. The summed E-state index contributed by atoms with van der Waals surface area (Å²) in [5.74, 6) is -0.118. The lowest BCUT2D eigenvalue weighted by molar-refractivity contribution is -0.121. The van der Waals surface area contributed by atoms with Gasteiger partial charge in [-0.15, -0.1) is 0 Å². The smallest absolute Gasteiger partial charge is 0.319 e. The van der Waals surface area contributed by atoms with E-state index in [2.05, 4.69) is 36.5 Å². The maximum Gasteiger partial charge on any atom is 0.319 e. The van der Waals surface area contributed by atoms with Crippen LogP contribution in [0.4, 0.5) is 10.5 Å². The number of anilines is 1. The van der Waals surface area contributed by atoms with Gasteiger partial charge in [0, 0.05) is 38.3 Å². The van der Waals surface area contributed by atoms with Crippen molar-refractivity contribution in [3.8, 4) is 0 Å². The first kappa shape index (κ1) is 20.9. The number of piperidine rings is 1. The SMILES string of the molecule is CCc1ccc(C2CC(C(=O)Nc3ccccc3)CN(C(=O)N(C)CC)C2)cc1. The predicted molar refractivity (Wildman–Crippen MR) is 117 cm³/mol. The van der Waals surface area contributed by atoms with Crippen LogP contribution in [0.3, 0.4) is 0 Å². The Morgan fingerprint density at radius 2 is 1.72 bits per heavy atom. The minimum absolute atomic E-state index is 0.0140. The summed E-state index contributed by atoms with van der Waals surface area (Å²) < 4.78 is 0. The molecule has 2 atom stereocenters. The number of benzene rings is 2. The molecule has 154 valence electrons. The Morgan fingerprint density at radius 3 is 2.34 bits per heavy atom. The fourth-order valence-corrected chi connectivity index (χ4v) is 3.85. The van der Waals surface area contributed by atoms with E-state index in [9.17, 15) is 9.59 Å². The van der Waals surface area contributed by atoms with Crippen LogP contribution in [-0.2, 0) is 11.2 Å². The molecule has 2 aromatic rings. The molecule has 1 aliphatic heterocycles. The van der Waals surface area contributed by atoms with Crippen molar-refractivity contribution in [3.05, 3.63) is 65.7 Å². The van der Waals surface area contributed by atoms with E-state index in [-0.39, 0.29) is 23.8 Å². The van der Waals surface area contributed by atoms with Crippen LogP contribution in [0.1, 0.15) is 37.3 Å². The largest absolute Gasteiger partial charge is 0.328 e. The van der Waals surface area contributed by atoms with Crippen LogP contribution in [0.2, 0.25) is 0 Å². The molecule has 0 bridgehead atoms. The summed E-state index contributed by atoms with van der Waals surface area (Å²) in [6.45, 7) is 5.84. The van der Waals surface area contributed by atoms with Crippen LogP contribution in [0, 0.1) is 5.92 Å². The molecule has 1 saturated heterocycles. The Kier molecular flexibility index (Phi) is 6.91. The van der Waals surface area contributed by atoms with E-state index >= 15 is 0 Å². The molecule has 0 radical (unpaired) electrons. The molecular formula is C24H31N3O2. The van der Waals surface area contributed by atoms with Gasteiger partial charge in [0.2, 0.25) is 5.91 Å². The second-order valence-electron chi connectivity index (χ2n) is 7.78. The van der Waals surface area contributed by atoms with Gasteiger partial charge in [-0.05, 0) is 43.0 Å². The first-order valence-corrected chi connectivity index (χ1v) is 10.5. The number of para-hydroxylation sites is 1. The highest BCUT2D eigenvalue weighted by molar-refractivity contribution is 5.93. The third-order valence-electron chi connectivity index (χ3n) is 5.79. The summed E-state index contributed by atoms with van der Waals surface area (Å²) >= 11 is 0. The minimum Gasteiger partial charge on any atom is -0.328 e. The van der Waals surface area contributed by atoms with Crippen LogP contribution >= 0.6 is 0 Å². The van der Waals surface area contributed by atoms with Crippen LogP contribution in [0.5, 0.6) is 0 Å². The van der Waals surface area contributed by atoms with Gasteiger partial charge >= 0.3 is 6.03 Å². The molecule has 3 amide bonds. The molecule has 0 aliphatic carbocycles. The van der Waals surface area contributed by atoms with Crippen molar-refractivity contribution in [2.45, 2.75) is 32.6 Å². The highest BCUT2D eigenvalue weighted by Crippen LogP contribution is 2.32. The molecule has 1 fully saturated rings. The number of rotatable bonds is 5. The van der Waals surface area contributed by atoms with Crippen molar-refractivity contribution >= 4 is 17.6 Å². The number of aryl methyl sites for hydroxylation is 1. The number of nitrogens with zero attached hydrogens (tertiary/aromatic N) is 2. The van der Waals surface area contributed by atoms with Crippen molar-refractivity contribution in [3.63, 3.8) is 0 Å². The predicted octanol–water partition coefficient (Wildman–Crippen LogP) is 4.36. The maximum atomic E-state index is 13.0. The Morgan fingerprint density at radius 1 is 1.03 bits per heavy atom. The molecule has 0 aromatic heterocycles. The summed E-state index contributed by atoms with van der Waals surface area (Å²) in [5.41, 5.74) is 3.27. The zero-order valence-electron chi connectivity index (χ0n) is 17.6. The number of hydrogen-bond acceptors (Lipinski definition) is 2. The average Bonchev–Trinajstić information content (AvgIpc) is 2.78. The number of carbonyl (C=O) groups excluding carboxylic acids is 2. The quantitative estimate of drug-likeness (QED) is 0.820. The van der Waals surface area contributed by atoms with E-state index in [1.807, 2.05) is 42.2 Å². The second kappa shape index (κ2) is 9.59. The van der Waals surface area contributed by atoms with Gasteiger partial charge in [0.1, 0.15) is 0 Å². The fraction of sp³-hybridized carbons (Fsp3) is 0.417. The molecule has 0 spiro atoms. The third kappa shape index (κ3) is 5.17. The lowest BCUT2D eigenvalue weighted by Crippen LogP contribution is -2.50. The first-order valence-electron chi connectivity index (χ1n) is 10.5. The monoisotopic (exact) mass is 393 g/mol. The molecule has 0 saturated carbocycles. The Balaban J connectivity index is 1.80. The van der Waals surface area contributed by atoms with Crippen LogP contribution in [-0.4, -0.2) is 48.4 Å². The lowest BCUT2D eigenvalue weighted by Gasteiger charge is -2.39. The molecule has 5 nitrogen and oxygen atoms in total. The van der Waals surface area contributed by atoms with E-state index in [0.717, 1.165) is 18.5 Å².